The zero-order chi connectivity index (χ0) is 23.0. The molecule has 7 nitrogen and oxygen atoms in total. The number of amides is 1. The lowest BCUT2D eigenvalue weighted by atomic mass is 9.95. The van der Waals surface area contributed by atoms with Gasteiger partial charge in [0, 0.05) is 31.4 Å². The molecule has 1 amide bonds. The van der Waals surface area contributed by atoms with Gasteiger partial charge in [-0.25, -0.2) is 0 Å². The van der Waals surface area contributed by atoms with Crippen molar-refractivity contribution in [1.29, 1.82) is 0 Å². The molecule has 2 fully saturated rings. The Bertz CT molecular complexity index is 1150. The largest absolute Gasteiger partial charge is 0.393 e. The van der Waals surface area contributed by atoms with Gasteiger partial charge in [-0.3, -0.25) is 9.69 Å². The van der Waals surface area contributed by atoms with Gasteiger partial charge in [-0.2, -0.15) is 0 Å². The number of benzene rings is 2. The van der Waals surface area contributed by atoms with Gasteiger partial charge in [-0.1, -0.05) is 41.9 Å². The lowest BCUT2D eigenvalue weighted by Gasteiger charge is -2.28. The predicted molar refractivity (Wildman–Crippen MR) is 128 cm³/mol. The molecule has 0 radical (unpaired) electrons. The van der Waals surface area contributed by atoms with Crippen molar-refractivity contribution < 1.29 is 9.90 Å². The van der Waals surface area contributed by atoms with Crippen molar-refractivity contribution in [2.24, 2.45) is 7.05 Å². The maximum atomic E-state index is 12.5. The molecule has 172 valence electrons. The molecule has 1 aliphatic heterocycles. The zero-order valence-corrected chi connectivity index (χ0v) is 19.4. The molecule has 3 aromatic rings. The van der Waals surface area contributed by atoms with E-state index >= 15 is 0 Å². The van der Waals surface area contributed by atoms with Crippen LogP contribution in [0.2, 0.25) is 5.02 Å². The number of aliphatic hydroxyl groups excluding tert-OH is 1. The summed E-state index contributed by atoms with van der Waals surface area (Å²) in [4.78, 5) is 14.5. The van der Waals surface area contributed by atoms with Crippen LogP contribution in [0.5, 0.6) is 0 Å². The molecule has 1 aliphatic carbocycles. The van der Waals surface area contributed by atoms with Gasteiger partial charge in [0.15, 0.2) is 5.82 Å². The van der Waals surface area contributed by atoms with Gasteiger partial charge in [0.05, 0.1) is 23.1 Å². The molecule has 2 heterocycles. The summed E-state index contributed by atoms with van der Waals surface area (Å²) in [6.45, 7) is 1.76. The molecule has 8 heteroatoms. The van der Waals surface area contributed by atoms with Crippen LogP contribution in [0, 0.1) is 0 Å². The monoisotopic (exact) mass is 465 g/mol. The number of piperidine rings is 1. The summed E-state index contributed by atoms with van der Waals surface area (Å²) >= 11 is 6.61. The summed E-state index contributed by atoms with van der Waals surface area (Å²) in [6.07, 6.45) is 3.27. The van der Waals surface area contributed by atoms with Crippen LogP contribution in [-0.4, -0.2) is 56.4 Å². The number of anilines is 1. The number of aromatic nitrogens is 3. The second kappa shape index (κ2) is 8.89. The minimum absolute atomic E-state index is 0.0772. The van der Waals surface area contributed by atoms with E-state index in [-0.39, 0.29) is 17.4 Å². The number of carbonyl (C=O) groups excluding carboxylic acids is 1. The first kappa shape index (κ1) is 22.1. The fourth-order valence-electron chi connectivity index (χ4n) is 4.76. The number of likely N-dealkylation sites (tertiary alicyclic amines) is 1. The Labute approximate surface area is 198 Å². The van der Waals surface area contributed by atoms with Crippen LogP contribution in [0.25, 0.3) is 11.4 Å². The maximum absolute atomic E-state index is 12.5. The van der Waals surface area contributed by atoms with Gasteiger partial charge in [0.2, 0.25) is 5.91 Å². The van der Waals surface area contributed by atoms with Gasteiger partial charge >= 0.3 is 0 Å². The second-order valence-electron chi connectivity index (χ2n) is 9.10. The van der Waals surface area contributed by atoms with Crippen LogP contribution in [-0.2, 0) is 17.3 Å². The van der Waals surface area contributed by atoms with E-state index in [2.05, 4.69) is 44.7 Å². The molecule has 2 aliphatic rings. The molecular formula is C25H28ClN5O2. The molecule has 0 bridgehead atoms. The van der Waals surface area contributed by atoms with Crippen LogP contribution in [0.3, 0.4) is 0 Å². The van der Waals surface area contributed by atoms with Crippen LogP contribution in [0.1, 0.15) is 37.1 Å². The molecule has 0 spiro atoms. The van der Waals surface area contributed by atoms with Crippen LogP contribution in [0.4, 0.5) is 5.69 Å². The molecule has 33 heavy (non-hydrogen) atoms. The highest BCUT2D eigenvalue weighted by atomic mass is 35.5. The molecule has 0 atom stereocenters. The first-order valence-electron chi connectivity index (χ1n) is 11.4. The Morgan fingerprint density at radius 3 is 2.55 bits per heavy atom. The lowest BCUT2D eigenvalue weighted by Crippen LogP contribution is -2.40. The van der Waals surface area contributed by atoms with Gasteiger partial charge in [-0.05, 0) is 49.4 Å². The third-order valence-electron chi connectivity index (χ3n) is 6.80. The Hall–Kier alpha value is -2.74. The summed E-state index contributed by atoms with van der Waals surface area (Å²) in [5, 5.41) is 22.1. The molecule has 2 aromatic carbocycles. The van der Waals surface area contributed by atoms with Crippen molar-refractivity contribution in [3.63, 3.8) is 0 Å². The first-order chi connectivity index (χ1) is 16.0. The fraction of sp³-hybridized carbons (Fsp3) is 0.400. The molecule has 1 saturated heterocycles. The summed E-state index contributed by atoms with van der Waals surface area (Å²) < 4.78 is 2.03. The van der Waals surface area contributed by atoms with Crippen LogP contribution >= 0.6 is 11.6 Å². The third-order valence-corrected chi connectivity index (χ3v) is 7.11. The lowest BCUT2D eigenvalue weighted by molar-refractivity contribution is -0.117. The topological polar surface area (TPSA) is 83.3 Å². The van der Waals surface area contributed by atoms with E-state index < -0.39 is 0 Å². The first-order valence-corrected chi connectivity index (χ1v) is 11.8. The highest BCUT2D eigenvalue weighted by Crippen LogP contribution is 2.53. The average molecular weight is 466 g/mol. The van der Waals surface area contributed by atoms with Crippen LogP contribution < -0.4 is 5.32 Å². The fourth-order valence-corrected chi connectivity index (χ4v) is 5.02. The number of nitrogens with zero attached hydrogens (tertiary/aromatic N) is 4. The SMILES string of the molecule is Cn1c(-c2ccc(NC(=O)CN3CCC(O)CC3)cc2Cl)nnc1C1(c2ccccc2)CC1. The second-order valence-corrected chi connectivity index (χ2v) is 9.51. The Balaban J connectivity index is 1.31. The molecule has 2 N–H and O–H groups in total. The van der Waals surface area contributed by atoms with E-state index in [1.807, 2.05) is 29.8 Å². The number of carbonyl (C=O) groups is 1. The van der Waals surface area contributed by atoms with Crippen molar-refractivity contribution in [2.45, 2.75) is 37.2 Å². The van der Waals surface area contributed by atoms with E-state index in [9.17, 15) is 9.90 Å². The van der Waals surface area contributed by atoms with E-state index in [1.54, 1.807) is 6.07 Å². The Morgan fingerprint density at radius 1 is 1.15 bits per heavy atom. The molecule has 5 rings (SSSR count). The average Bonchev–Trinajstić information content (AvgIpc) is 3.53. The molecular weight excluding hydrogens is 438 g/mol. The van der Waals surface area contributed by atoms with E-state index in [0.717, 1.165) is 37.3 Å². The quantitative estimate of drug-likeness (QED) is 0.581. The third kappa shape index (κ3) is 4.40. The summed E-state index contributed by atoms with van der Waals surface area (Å²) in [7, 11) is 1.98. The van der Waals surface area contributed by atoms with Crippen LogP contribution in [0.15, 0.2) is 48.5 Å². The predicted octanol–water partition coefficient (Wildman–Crippen LogP) is 3.61. The Morgan fingerprint density at radius 2 is 1.88 bits per heavy atom. The van der Waals surface area contributed by atoms with Gasteiger partial charge in [-0.15, -0.1) is 10.2 Å². The van der Waals surface area contributed by atoms with Crippen molar-refractivity contribution in [3.05, 3.63) is 64.9 Å². The zero-order valence-electron chi connectivity index (χ0n) is 18.7. The van der Waals surface area contributed by atoms with E-state index in [0.29, 0.717) is 35.9 Å². The minimum atomic E-state index is -0.251. The van der Waals surface area contributed by atoms with Gasteiger partial charge in [0.25, 0.3) is 0 Å². The van der Waals surface area contributed by atoms with Crippen molar-refractivity contribution >= 4 is 23.2 Å². The van der Waals surface area contributed by atoms with Gasteiger partial charge in [0.1, 0.15) is 5.82 Å². The van der Waals surface area contributed by atoms with Gasteiger partial charge < -0.3 is 15.0 Å². The summed E-state index contributed by atoms with van der Waals surface area (Å²) in [6, 6.07) is 15.9. The number of nitrogens with one attached hydrogen (secondary N) is 1. The van der Waals surface area contributed by atoms with Crippen molar-refractivity contribution in [3.8, 4) is 11.4 Å². The Kier molecular flexibility index (Phi) is 5.95. The molecule has 0 unspecified atom stereocenters. The standard InChI is InChI=1S/C25H28ClN5O2/c1-30-23(28-29-24(30)25(11-12-25)17-5-3-2-4-6-17)20-8-7-18(15-21(20)26)27-22(33)16-31-13-9-19(32)10-14-31/h2-8,15,19,32H,9-14,16H2,1H3,(H,27,33). The number of halogens is 1. The molecule has 1 saturated carbocycles. The normalized spacial score (nSPS) is 18.3. The summed E-state index contributed by atoms with van der Waals surface area (Å²) in [5.41, 5.74) is 2.62. The molecule has 1 aromatic heterocycles. The van der Waals surface area contributed by atoms with Crippen molar-refractivity contribution in [2.75, 3.05) is 25.0 Å². The number of rotatable bonds is 6. The number of hydrogen-bond acceptors (Lipinski definition) is 5. The summed E-state index contributed by atoms with van der Waals surface area (Å²) in [5.74, 6) is 1.57. The number of hydrogen-bond donors (Lipinski definition) is 2. The smallest absolute Gasteiger partial charge is 0.238 e. The maximum Gasteiger partial charge on any atom is 0.238 e. The minimum Gasteiger partial charge on any atom is -0.393 e. The highest BCUT2D eigenvalue weighted by molar-refractivity contribution is 6.33. The van der Waals surface area contributed by atoms with E-state index in [4.69, 9.17) is 11.6 Å². The van der Waals surface area contributed by atoms with E-state index in [1.165, 1.54) is 5.56 Å². The van der Waals surface area contributed by atoms with Crippen molar-refractivity contribution in [1.82, 2.24) is 19.7 Å². The highest BCUT2D eigenvalue weighted by Gasteiger charge is 2.49. The number of aliphatic hydroxyl groups is 1.